The van der Waals surface area contributed by atoms with Crippen molar-refractivity contribution in [1.82, 2.24) is 19.9 Å². The highest BCUT2D eigenvalue weighted by Gasteiger charge is 2.31. The fourth-order valence-corrected chi connectivity index (χ4v) is 3.15. The van der Waals surface area contributed by atoms with E-state index in [0.29, 0.717) is 16.9 Å². The zero-order valence-corrected chi connectivity index (χ0v) is 14.6. The highest BCUT2D eigenvalue weighted by Crippen LogP contribution is 2.30. The quantitative estimate of drug-likeness (QED) is 0.759. The topological polar surface area (TPSA) is 57.3 Å². The summed E-state index contributed by atoms with van der Waals surface area (Å²) in [6.45, 7) is 3.57. The normalized spacial score (nSPS) is 16.1. The van der Waals surface area contributed by atoms with E-state index in [1.165, 1.54) is 18.2 Å². The van der Waals surface area contributed by atoms with Crippen LogP contribution in [0.25, 0.3) is 22.4 Å². The lowest BCUT2D eigenvalue weighted by Crippen LogP contribution is -2.44. The van der Waals surface area contributed by atoms with Crippen molar-refractivity contribution in [3.05, 3.63) is 36.5 Å². The fraction of sp³-hybridized carbons (Fsp3) is 0.333. The standard InChI is InChI=1S/C18H18F3N5O/c1-25-7-9-26(10-8-25)17-15-14(5-6-22-17)23-16(24-15)12-3-2-4-13(11-12)27-18(19,20)21/h2-6,11H,7-10H2,1H3,(H,23,24). The van der Waals surface area contributed by atoms with Crippen molar-refractivity contribution in [2.45, 2.75) is 6.36 Å². The van der Waals surface area contributed by atoms with Gasteiger partial charge in [0.25, 0.3) is 0 Å². The Hall–Kier alpha value is -2.81. The van der Waals surface area contributed by atoms with Gasteiger partial charge in [-0.3, -0.25) is 0 Å². The molecule has 1 aliphatic heterocycles. The van der Waals surface area contributed by atoms with Crippen LogP contribution in [0.5, 0.6) is 5.75 Å². The molecule has 2 aromatic heterocycles. The maximum Gasteiger partial charge on any atom is 0.573 e. The number of hydrogen-bond donors (Lipinski definition) is 1. The first-order valence-corrected chi connectivity index (χ1v) is 8.53. The van der Waals surface area contributed by atoms with Crippen LogP contribution in [-0.2, 0) is 0 Å². The molecule has 0 spiro atoms. The van der Waals surface area contributed by atoms with Gasteiger partial charge in [0.2, 0.25) is 0 Å². The van der Waals surface area contributed by atoms with Crippen molar-refractivity contribution in [3.8, 4) is 17.1 Å². The van der Waals surface area contributed by atoms with E-state index in [1.54, 1.807) is 12.3 Å². The second-order valence-corrected chi connectivity index (χ2v) is 6.48. The molecule has 0 unspecified atom stereocenters. The van der Waals surface area contributed by atoms with Gasteiger partial charge in [-0.05, 0) is 25.2 Å². The minimum atomic E-state index is -4.73. The fourth-order valence-electron chi connectivity index (χ4n) is 3.15. The molecule has 27 heavy (non-hydrogen) atoms. The van der Waals surface area contributed by atoms with E-state index in [1.807, 2.05) is 6.07 Å². The number of ether oxygens (including phenoxy) is 1. The molecule has 1 fully saturated rings. The van der Waals surface area contributed by atoms with Gasteiger partial charge in [0.1, 0.15) is 17.1 Å². The van der Waals surface area contributed by atoms with Crippen LogP contribution in [0, 0.1) is 0 Å². The first kappa shape index (κ1) is 17.6. The SMILES string of the molecule is CN1CCN(c2nccc3[nH]c(-c4cccc(OC(F)(F)F)c4)nc23)CC1. The smallest absolute Gasteiger partial charge is 0.406 e. The number of nitrogens with zero attached hydrogens (tertiary/aromatic N) is 4. The Morgan fingerprint density at radius 2 is 1.89 bits per heavy atom. The van der Waals surface area contributed by atoms with Crippen LogP contribution in [0.1, 0.15) is 0 Å². The molecule has 1 aliphatic rings. The number of pyridine rings is 1. The van der Waals surface area contributed by atoms with Crippen molar-refractivity contribution >= 4 is 16.9 Å². The van der Waals surface area contributed by atoms with E-state index in [2.05, 4.69) is 36.5 Å². The number of likely N-dealkylation sites (N-methyl/N-ethyl adjacent to an activating group) is 1. The summed E-state index contributed by atoms with van der Waals surface area (Å²) < 4.78 is 41.4. The number of imidazole rings is 1. The molecule has 3 heterocycles. The highest BCUT2D eigenvalue weighted by molar-refractivity contribution is 5.88. The molecule has 1 aromatic carbocycles. The number of rotatable bonds is 3. The summed E-state index contributed by atoms with van der Waals surface area (Å²) in [6, 6.07) is 7.57. The summed E-state index contributed by atoms with van der Waals surface area (Å²) in [5.74, 6) is 0.977. The average Bonchev–Trinajstić information content (AvgIpc) is 3.05. The van der Waals surface area contributed by atoms with Crippen LogP contribution >= 0.6 is 0 Å². The van der Waals surface area contributed by atoms with E-state index in [9.17, 15) is 13.2 Å². The van der Waals surface area contributed by atoms with Gasteiger partial charge in [-0.2, -0.15) is 0 Å². The Balaban J connectivity index is 1.68. The molecule has 1 saturated heterocycles. The number of H-pyrrole nitrogens is 1. The molecule has 3 aromatic rings. The molecule has 9 heteroatoms. The maximum atomic E-state index is 12.5. The molecule has 1 N–H and O–H groups in total. The van der Waals surface area contributed by atoms with Gasteiger partial charge < -0.3 is 19.5 Å². The van der Waals surface area contributed by atoms with Gasteiger partial charge in [-0.15, -0.1) is 13.2 Å². The summed E-state index contributed by atoms with van der Waals surface area (Å²) in [5, 5.41) is 0. The van der Waals surface area contributed by atoms with Crippen molar-refractivity contribution in [2.24, 2.45) is 0 Å². The van der Waals surface area contributed by atoms with Gasteiger partial charge in [-0.1, -0.05) is 12.1 Å². The molecule has 0 amide bonds. The Labute approximate surface area is 153 Å². The van der Waals surface area contributed by atoms with Gasteiger partial charge in [0, 0.05) is 37.9 Å². The Kier molecular flexibility index (Phi) is 4.39. The van der Waals surface area contributed by atoms with Crippen LogP contribution in [-0.4, -0.2) is 59.4 Å². The molecule has 0 atom stereocenters. The van der Waals surface area contributed by atoms with E-state index in [-0.39, 0.29) is 5.75 Å². The van der Waals surface area contributed by atoms with Gasteiger partial charge in [0.05, 0.1) is 5.52 Å². The summed E-state index contributed by atoms with van der Waals surface area (Å²) in [5.41, 5.74) is 2.01. The van der Waals surface area contributed by atoms with Crippen LogP contribution in [0.3, 0.4) is 0 Å². The van der Waals surface area contributed by atoms with Crippen molar-refractivity contribution in [3.63, 3.8) is 0 Å². The Morgan fingerprint density at radius 3 is 2.63 bits per heavy atom. The number of aromatic nitrogens is 3. The third-order valence-electron chi connectivity index (χ3n) is 4.53. The molecule has 0 radical (unpaired) electrons. The first-order valence-electron chi connectivity index (χ1n) is 8.53. The van der Waals surface area contributed by atoms with Crippen molar-refractivity contribution in [1.29, 1.82) is 0 Å². The molecule has 0 bridgehead atoms. The van der Waals surface area contributed by atoms with Crippen LogP contribution in [0.2, 0.25) is 0 Å². The number of anilines is 1. The lowest BCUT2D eigenvalue weighted by molar-refractivity contribution is -0.274. The number of fused-ring (bicyclic) bond motifs is 1. The van der Waals surface area contributed by atoms with Gasteiger partial charge in [0.15, 0.2) is 5.82 Å². The van der Waals surface area contributed by atoms with Crippen LogP contribution in [0.15, 0.2) is 36.5 Å². The lowest BCUT2D eigenvalue weighted by atomic mass is 10.2. The Morgan fingerprint density at radius 1 is 1.11 bits per heavy atom. The zero-order valence-electron chi connectivity index (χ0n) is 14.6. The molecular formula is C18H18F3N5O. The summed E-state index contributed by atoms with van der Waals surface area (Å²) in [6.07, 6.45) is -3.02. The minimum absolute atomic E-state index is 0.280. The van der Waals surface area contributed by atoms with Gasteiger partial charge >= 0.3 is 6.36 Å². The third-order valence-corrected chi connectivity index (χ3v) is 4.53. The number of nitrogens with one attached hydrogen (secondary N) is 1. The first-order chi connectivity index (χ1) is 12.9. The third kappa shape index (κ3) is 3.82. The average molecular weight is 377 g/mol. The van der Waals surface area contributed by atoms with Crippen molar-refractivity contribution in [2.75, 3.05) is 38.1 Å². The molecule has 4 rings (SSSR count). The van der Waals surface area contributed by atoms with Crippen LogP contribution in [0.4, 0.5) is 19.0 Å². The zero-order chi connectivity index (χ0) is 19.0. The number of alkyl halides is 3. The highest BCUT2D eigenvalue weighted by atomic mass is 19.4. The van der Waals surface area contributed by atoms with E-state index >= 15 is 0 Å². The molecule has 6 nitrogen and oxygen atoms in total. The second kappa shape index (κ2) is 6.73. The number of benzene rings is 1. The number of hydrogen-bond acceptors (Lipinski definition) is 5. The minimum Gasteiger partial charge on any atom is -0.406 e. The largest absolute Gasteiger partial charge is 0.573 e. The van der Waals surface area contributed by atoms with E-state index in [4.69, 9.17) is 0 Å². The molecule has 0 saturated carbocycles. The van der Waals surface area contributed by atoms with E-state index < -0.39 is 6.36 Å². The predicted molar refractivity (Wildman–Crippen MR) is 95.7 cm³/mol. The molecule has 142 valence electrons. The van der Waals surface area contributed by atoms with E-state index in [0.717, 1.165) is 37.5 Å². The number of piperazine rings is 1. The Bertz CT molecular complexity index is 948. The molecule has 0 aliphatic carbocycles. The summed E-state index contributed by atoms with van der Waals surface area (Å²) >= 11 is 0. The summed E-state index contributed by atoms with van der Waals surface area (Å²) in [7, 11) is 2.08. The van der Waals surface area contributed by atoms with Gasteiger partial charge in [-0.25, -0.2) is 9.97 Å². The lowest BCUT2D eigenvalue weighted by Gasteiger charge is -2.33. The van der Waals surface area contributed by atoms with Crippen LogP contribution < -0.4 is 9.64 Å². The maximum absolute atomic E-state index is 12.5. The van der Waals surface area contributed by atoms with Crippen molar-refractivity contribution < 1.29 is 17.9 Å². The number of halogens is 3. The predicted octanol–water partition coefficient (Wildman–Crippen LogP) is 3.28. The summed E-state index contributed by atoms with van der Waals surface area (Å²) in [4.78, 5) is 16.7. The number of aromatic amines is 1. The second-order valence-electron chi connectivity index (χ2n) is 6.48. The monoisotopic (exact) mass is 377 g/mol. The molecular weight excluding hydrogens is 359 g/mol.